The van der Waals surface area contributed by atoms with Crippen LogP contribution in [0.4, 0.5) is 5.69 Å². The van der Waals surface area contributed by atoms with Crippen molar-refractivity contribution in [1.29, 1.82) is 0 Å². The molecule has 1 saturated heterocycles. The number of nitrogens with zero attached hydrogens (tertiary/aromatic N) is 1. The standard InChI is InChI=1S/C20H19NO4/c1-2-25-19(24)11-4-3-5-12(10-11)21-17(22)15-13-6-7-14(16(15)18(21)23)20(13)8-9-20/h3-7,10,13-16H,2,8-9H2,1H3/t13-,14-,15-,16+/m1/s1. The molecule has 4 aliphatic rings. The van der Waals surface area contributed by atoms with Crippen LogP contribution in [-0.2, 0) is 14.3 Å². The van der Waals surface area contributed by atoms with Crippen LogP contribution in [0.1, 0.15) is 30.1 Å². The fraction of sp³-hybridized carbons (Fsp3) is 0.450. The third-order valence-electron chi connectivity index (χ3n) is 6.47. The lowest BCUT2D eigenvalue weighted by atomic mass is 9.85. The number of carbonyl (C=O) groups excluding carboxylic acids is 3. The van der Waals surface area contributed by atoms with Gasteiger partial charge >= 0.3 is 5.97 Å². The maximum atomic E-state index is 13.1. The number of fused-ring (bicyclic) bond motifs is 3. The highest BCUT2D eigenvalue weighted by atomic mass is 16.5. The van der Waals surface area contributed by atoms with E-state index >= 15 is 0 Å². The van der Waals surface area contributed by atoms with E-state index in [1.807, 2.05) is 0 Å². The largest absolute Gasteiger partial charge is 0.462 e. The van der Waals surface area contributed by atoms with Crippen LogP contribution in [0, 0.1) is 29.1 Å². The average molecular weight is 337 g/mol. The van der Waals surface area contributed by atoms with E-state index in [9.17, 15) is 14.4 Å². The monoisotopic (exact) mass is 337 g/mol. The van der Waals surface area contributed by atoms with Gasteiger partial charge in [-0.15, -0.1) is 0 Å². The van der Waals surface area contributed by atoms with Crippen molar-refractivity contribution in [3.63, 3.8) is 0 Å². The van der Waals surface area contributed by atoms with Gasteiger partial charge in [0, 0.05) is 0 Å². The second kappa shape index (κ2) is 4.81. The molecule has 1 aliphatic heterocycles. The van der Waals surface area contributed by atoms with Crippen molar-refractivity contribution < 1.29 is 19.1 Å². The molecule has 4 atom stereocenters. The van der Waals surface area contributed by atoms with Crippen LogP contribution in [0.2, 0.25) is 0 Å². The van der Waals surface area contributed by atoms with Crippen LogP contribution in [0.5, 0.6) is 0 Å². The minimum absolute atomic E-state index is 0.112. The van der Waals surface area contributed by atoms with Gasteiger partial charge in [0.25, 0.3) is 0 Å². The Morgan fingerprint density at radius 3 is 2.36 bits per heavy atom. The molecule has 3 aliphatic carbocycles. The summed E-state index contributed by atoms with van der Waals surface area (Å²) >= 11 is 0. The van der Waals surface area contributed by atoms with E-state index in [0.717, 1.165) is 12.8 Å². The van der Waals surface area contributed by atoms with Crippen LogP contribution in [0.25, 0.3) is 0 Å². The highest BCUT2D eigenvalue weighted by Crippen LogP contribution is 2.73. The minimum Gasteiger partial charge on any atom is -0.462 e. The average Bonchev–Trinajstić information content (AvgIpc) is 3.20. The zero-order valence-corrected chi connectivity index (χ0v) is 14.0. The molecule has 128 valence electrons. The molecule has 2 amide bonds. The molecule has 3 fully saturated rings. The Morgan fingerprint density at radius 2 is 1.80 bits per heavy atom. The number of esters is 1. The summed E-state index contributed by atoms with van der Waals surface area (Å²) in [7, 11) is 0. The van der Waals surface area contributed by atoms with Gasteiger partial charge in [-0.3, -0.25) is 9.59 Å². The van der Waals surface area contributed by atoms with Crippen LogP contribution in [0.15, 0.2) is 36.4 Å². The third kappa shape index (κ3) is 1.76. The lowest BCUT2D eigenvalue weighted by Crippen LogP contribution is -2.34. The zero-order valence-electron chi connectivity index (χ0n) is 14.0. The molecular formula is C20H19NO4. The van der Waals surface area contributed by atoms with Gasteiger partial charge < -0.3 is 4.74 Å². The number of benzene rings is 1. The van der Waals surface area contributed by atoms with Gasteiger partial charge in [-0.2, -0.15) is 0 Å². The first-order valence-corrected chi connectivity index (χ1v) is 8.92. The van der Waals surface area contributed by atoms with Crippen molar-refractivity contribution in [1.82, 2.24) is 0 Å². The van der Waals surface area contributed by atoms with E-state index in [-0.39, 0.29) is 47.5 Å². The maximum Gasteiger partial charge on any atom is 0.338 e. The summed E-state index contributed by atoms with van der Waals surface area (Å²) in [5.41, 5.74) is 1.02. The SMILES string of the molecule is CCOC(=O)c1cccc(N2C(=O)[C@@H]3[C@H](C2=O)[C@H]2C=C[C@H]3C23CC3)c1. The number of carbonyl (C=O) groups is 3. The molecule has 25 heavy (non-hydrogen) atoms. The normalized spacial score (nSPS) is 33.2. The van der Waals surface area contributed by atoms with Crippen molar-refractivity contribution in [2.24, 2.45) is 29.1 Å². The van der Waals surface area contributed by atoms with Gasteiger partial charge in [0.2, 0.25) is 11.8 Å². The summed E-state index contributed by atoms with van der Waals surface area (Å²) < 4.78 is 5.02. The first-order chi connectivity index (χ1) is 12.1. The summed E-state index contributed by atoms with van der Waals surface area (Å²) in [5.74, 6) is -0.706. The van der Waals surface area contributed by atoms with Crippen LogP contribution < -0.4 is 4.90 Å². The zero-order chi connectivity index (χ0) is 17.3. The fourth-order valence-electron chi connectivity index (χ4n) is 5.32. The van der Waals surface area contributed by atoms with Gasteiger partial charge in [0.1, 0.15) is 0 Å². The Hall–Kier alpha value is -2.43. The van der Waals surface area contributed by atoms with Crippen LogP contribution >= 0.6 is 0 Å². The van der Waals surface area contributed by atoms with Gasteiger partial charge in [-0.25, -0.2) is 9.69 Å². The minimum atomic E-state index is -0.442. The number of ether oxygens (including phenoxy) is 1. The van der Waals surface area contributed by atoms with Gasteiger partial charge in [-0.1, -0.05) is 18.2 Å². The lowest BCUT2D eigenvalue weighted by Gasteiger charge is -2.22. The summed E-state index contributed by atoms with van der Waals surface area (Å²) in [6.07, 6.45) is 6.56. The first kappa shape index (κ1) is 14.9. The van der Waals surface area contributed by atoms with E-state index in [1.165, 1.54) is 4.90 Å². The summed E-state index contributed by atoms with van der Waals surface area (Å²) in [6.45, 7) is 2.03. The molecule has 0 aromatic heterocycles. The van der Waals surface area contributed by atoms with Gasteiger partial charge in [-0.05, 0) is 55.2 Å². The number of allylic oxidation sites excluding steroid dienone is 2. The molecule has 1 spiro atoms. The van der Waals surface area contributed by atoms with Gasteiger partial charge in [0.05, 0.1) is 29.7 Å². The Labute approximate surface area is 145 Å². The highest BCUT2D eigenvalue weighted by molar-refractivity contribution is 6.23. The summed E-state index contributed by atoms with van der Waals surface area (Å²) in [5, 5.41) is 0. The van der Waals surface area contributed by atoms with Crippen LogP contribution in [-0.4, -0.2) is 24.4 Å². The molecule has 0 radical (unpaired) electrons. The molecule has 5 nitrogen and oxygen atoms in total. The molecular weight excluding hydrogens is 318 g/mol. The Balaban J connectivity index is 1.49. The number of hydrogen-bond acceptors (Lipinski definition) is 4. The molecule has 2 bridgehead atoms. The highest BCUT2D eigenvalue weighted by Gasteiger charge is 2.73. The number of imide groups is 1. The van der Waals surface area contributed by atoms with Crippen molar-refractivity contribution in [3.8, 4) is 0 Å². The van der Waals surface area contributed by atoms with E-state index in [1.54, 1.807) is 31.2 Å². The molecule has 2 saturated carbocycles. The maximum absolute atomic E-state index is 13.1. The second-order valence-electron chi connectivity index (χ2n) is 7.50. The molecule has 0 unspecified atom stereocenters. The Morgan fingerprint density at radius 1 is 1.16 bits per heavy atom. The van der Waals surface area contributed by atoms with Crippen molar-refractivity contribution in [3.05, 3.63) is 42.0 Å². The predicted molar refractivity (Wildman–Crippen MR) is 89.7 cm³/mol. The number of rotatable bonds is 3. The Bertz CT molecular complexity index is 804. The smallest absolute Gasteiger partial charge is 0.338 e. The quantitative estimate of drug-likeness (QED) is 0.483. The van der Waals surface area contributed by atoms with Crippen molar-refractivity contribution in [2.45, 2.75) is 19.8 Å². The number of amides is 2. The molecule has 1 heterocycles. The molecule has 0 N–H and O–H groups in total. The lowest BCUT2D eigenvalue weighted by molar-refractivity contribution is -0.123. The molecule has 1 aromatic rings. The number of hydrogen-bond donors (Lipinski definition) is 0. The molecule has 5 heteroatoms. The third-order valence-corrected chi connectivity index (χ3v) is 6.47. The van der Waals surface area contributed by atoms with Crippen molar-refractivity contribution in [2.75, 3.05) is 11.5 Å². The van der Waals surface area contributed by atoms with Crippen LogP contribution in [0.3, 0.4) is 0 Å². The fourth-order valence-corrected chi connectivity index (χ4v) is 5.32. The first-order valence-electron chi connectivity index (χ1n) is 8.92. The van der Waals surface area contributed by atoms with E-state index in [4.69, 9.17) is 4.74 Å². The van der Waals surface area contributed by atoms with Gasteiger partial charge in [0.15, 0.2) is 0 Å². The topological polar surface area (TPSA) is 63.7 Å². The van der Waals surface area contributed by atoms with Crippen molar-refractivity contribution >= 4 is 23.5 Å². The second-order valence-corrected chi connectivity index (χ2v) is 7.50. The van der Waals surface area contributed by atoms with E-state index in [0.29, 0.717) is 11.3 Å². The predicted octanol–water partition coefficient (Wildman–Crippen LogP) is 2.56. The molecule has 1 aromatic carbocycles. The number of anilines is 1. The van der Waals surface area contributed by atoms with E-state index in [2.05, 4.69) is 12.2 Å². The summed E-state index contributed by atoms with van der Waals surface area (Å²) in [4.78, 5) is 39.4. The molecule has 5 rings (SSSR count). The summed E-state index contributed by atoms with van der Waals surface area (Å²) in [6, 6.07) is 6.61. The van der Waals surface area contributed by atoms with E-state index < -0.39 is 5.97 Å². The Kier molecular flexibility index (Phi) is 2.86.